The van der Waals surface area contributed by atoms with Crippen LogP contribution in [0.15, 0.2) is 10.9 Å². The number of hydrogen-bond donors (Lipinski definition) is 2. The molecule has 1 aliphatic heterocycles. The zero-order valence-corrected chi connectivity index (χ0v) is 11.0. The summed E-state index contributed by atoms with van der Waals surface area (Å²) in [5.41, 5.74) is 5.54. The topological polar surface area (TPSA) is 75.0 Å². The van der Waals surface area contributed by atoms with Crippen LogP contribution in [0.2, 0.25) is 0 Å². The predicted octanol–water partition coefficient (Wildman–Crippen LogP) is 0.897. The molecular formula is C13H22N4O. The van der Waals surface area contributed by atoms with Crippen molar-refractivity contribution >= 4 is 5.82 Å². The first-order valence-corrected chi connectivity index (χ1v) is 6.78. The van der Waals surface area contributed by atoms with Crippen LogP contribution < -0.4 is 16.2 Å². The Bertz CT molecular complexity index is 435. The van der Waals surface area contributed by atoms with Gasteiger partial charge >= 0.3 is 0 Å². The second-order valence-electron chi connectivity index (χ2n) is 4.91. The molecule has 5 heteroatoms. The molecule has 3 N–H and O–H groups in total. The molecule has 100 valence electrons. The van der Waals surface area contributed by atoms with Crippen LogP contribution in [0.5, 0.6) is 0 Å². The number of aromatic nitrogens is 2. The summed E-state index contributed by atoms with van der Waals surface area (Å²) in [4.78, 5) is 21.0. The molecule has 0 saturated carbocycles. The zero-order chi connectivity index (χ0) is 13.0. The molecule has 1 aliphatic rings. The number of aryl methyl sites for hydroxylation is 1. The van der Waals surface area contributed by atoms with Crippen molar-refractivity contribution in [3.05, 3.63) is 22.2 Å². The summed E-state index contributed by atoms with van der Waals surface area (Å²) >= 11 is 0. The number of hydrogen-bond acceptors (Lipinski definition) is 4. The number of aromatic amines is 1. The van der Waals surface area contributed by atoms with Crippen molar-refractivity contribution in [2.75, 3.05) is 24.5 Å². The number of nitrogens with two attached hydrogens (primary N) is 1. The van der Waals surface area contributed by atoms with Crippen LogP contribution in [-0.4, -0.2) is 29.6 Å². The minimum Gasteiger partial charge on any atom is -0.356 e. The molecule has 0 aliphatic carbocycles. The lowest BCUT2D eigenvalue weighted by molar-refractivity contribution is 0.385. The molecular weight excluding hydrogens is 228 g/mol. The van der Waals surface area contributed by atoms with E-state index in [0.29, 0.717) is 0 Å². The molecule has 0 radical (unpaired) electrons. The standard InChI is InChI=1S/C13H22N4O/c1-2-11-15-12(9-13(18)16-11)17-7-4-10(3-6-14)5-8-17/h9-10H,2-8,14H2,1H3,(H,15,16,18). The molecule has 1 aromatic heterocycles. The van der Waals surface area contributed by atoms with Gasteiger partial charge in [0.15, 0.2) is 0 Å². The fourth-order valence-corrected chi connectivity index (χ4v) is 2.51. The Kier molecular flexibility index (Phi) is 4.36. The largest absolute Gasteiger partial charge is 0.356 e. The fourth-order valence-electron chi connectivity index (χ4n) is 2.51. The third kappa shape index (κ3) is 3.10. The third-order valence-electron chi connectivity index (χ3n) is 3.63. The first kappa shape index (κ1) is 13.1. The lowest BCUT2D eigenvalue weighted by Crippen LogP contribution is -2.35. The molecule has 1 fully saturated rings. The van der Waals surface area contributed by atoms with Crippen molar-refractivity contribution in [3.8, 4) is 0 Å². The van der Waals surface area contributed by atoms with Gasteiger partial charge in [0.25, 0.3) is 5.56 Å². The number of rotatable bonds is 4. The van der Waals surface area contributed by atoms with E-state index in [2.05, 4.69) is 14.9 Å². The molecule has 2 heterocycles. The summed E-state index contributed by atoms with van der Waals surface area (Å²) < 4.78 is 0. The Labute approximate surface area is 107 Å². The normalized spacial score (nSPS) is 17.1. The average molecular weight is 250 g/mol. The van der Waals surface area contributed by atoms with Gasteiger partial charge in [-0.15, -0.1) is 0 Å². The summed E-state index contributed by atoms with van der Waals surface area (Å²) in [7, 11) is 0. The number of H-pyrrole nitrogens is 1. The number of nitrogens with one attached hydrogen (secondary N) is 1. The third-order valence-corrected chi connectivity index (χ3v) is 3.63. The van der Waals surface area contributed by atoms with Crippen LogP contribution in [0, 0.1) is 5.92 Å². The first-order valence-electron chi connectivity index (χ1n) is 6.78. The van der Waals surface area contributed by atoms with Crippen molar-refractivity contribution in [1.29, 1.82) is 0 Å². The number of anilines is 1. The Morgan fingerprint density at radius 3 is 2.83 bits per heavy atom. The highest BCUT2D eigenvalue weighted by Crippen LogP contribution is 2.22. The molecule has 0 aromatic carbocycles. The van der Waals surface area contributed by atoms with E-state index >= 15 is 0 Å². The Balaban J connectivity index is 2.05. The Morgan fingerprint density at radius 1 is 1.50 bits per heavy atom. The Hall–Kier alpha value is -1.36. The lowest BCUT2D eigenvalue weighted by atomic mass is 9.94. The van der Waals surface area contributed by atoms with E-state index in [9.17, 15) is 4.79 Å². The minimum absolute atomic E-state index is 0.0547. The lowest BCUT2D eigenvalue weighted by Gasteiger charge is -2.32. The van der Waals surface area contributed by atoms with Gasteiger partial charge < -0.3 is 15.6 Å². The maximum Gasteiger partial charge on any atom is 0.252 e. The van der Waals surface area contributed by atoms with E-state index in [4.69, 9.17) is 5.73 Å². The number of nitrogens with zero attached hydrogens (tertiary/aromatic N) is 2. The van der Waals surface area contributed by atoms with Crippen LogP contribution in [0.25, 0.3) is 0 Å². The summed E-state index contributed by atoms with van der Waals surface area (Å²) in [6, 6.07) is 1.60. The summed E-state index contributed by atoms with van der Waals surface area (Å²) in [6.45, 7) is 4.72. The molecule has 1 saturated heterocycles. The first-order chi connectivity index (χ1) is 8.72. The van der Waals surface area contributed by atoms with Crippen LogP contribution in [0.3, 0.4) is 0 Å². The van der Waals surface area contributed by atoms with Crippen molar-refractivity contribution in [2.45, 2.75) is 32.6 Å². The van der Waals surface area contributed by atoms with Gasteiger partial charge in [0.05, 0.1) is 0 Å². The summed E-state index contributed by atoms with van der Waals surface area (Å²) in [5.74, 6) is 2.32. The maximum atomic E-state index is 11.5. The smallest absolute Gasteiger partial charge is 0.252 e. The molecule has 0 spiro atoms. The molecule has 18 heavy (non-hydrogen) atoms. The monoisotopic (exact) mass is 250 g/mol. The van der Waals surface area contributed by atoms with Gasteiger partial charge in [-0.1, -0.05) is 6.92 Å². The van der Waals surface area contributed by atoms with Crippen molar-refractivity contribution in [3.63, 3.8) is 0 Å². The molecule has 0 bridgehead atoms. The molecule has 5 nitrogen and oxygen atoms in total. The Morgan fingerprint density at radius 2 is 2.22 bits per heavy atom. The zero-order valence-electron chi connectivity index (χ0n) is 11.0. The second kappa shape index (κ2) is 6.00. The molecule has 0 atom stereocenters. The minimum atomic E-state index is -0.0547. The van der Waals surface area contributed by atoms with E-state index in [1.165, 1.54) is 0 Å². The van der Waals surface area contributed by atoms with Crippen molar-refractivity contribution in [1.82, 2.24) is 9.97 Å². The molecule has 0 unspecified atom stereocenters. The van der Waals surface area contributed by atoms with Crippen LogP contribution in [0.4, 0.5) is 5.82 Å². The van der Waals surface area contributed by atoms with E-state index in [1.54, 1.807) is 6.07 Å². The van der Waals surface area contributed by atoms with Crippen LogP contribution in [-0.2, 0) is 6.42 Å². The SMILES string of the molecule is CCc1nc(N2CCC(CCN)CC2)cc(=O)[nH]1. The van der Waals surface area contributed by atoms with Crippen LogP contribution >= 0.6 is 0 Å². The fraction of sp³-hybridized carbons (Fsp3) is 0.692. The molecule has 1 aromatic rings. The van der Waals surface area contributed by atoms with Crippen LogP contribution in [0.1, 0.15) is 32.0 Å². The van der Waals surface area contributed by atoms with E-state index in [0.717, 1.165) is 62.9 Å². The highest BCUT2D eigenvalue weighted by molar-refractivity contribution is 5.37. The second-order valence-corrected chi connectivity index (χ2v) is 4.91. The van der Waals surface area contributed by atoms with Crippen molar-refractivity contribution in [2.24, 2.45) is 11.7 Å². The maximum absolute atomic E-state index is 11.5. The quantitative estimate of drug-likeness (QED) is 0.832. The predicted molar refractivity (Wildman–Crippen MR) is 72.8 cm³/mol. The summed E-state index contributed by atoms with van der Waals surface area (Å²) in [5, 5.41) is 0. The van der Waals surface area contributed by atoms with Gasteiger partial charge in [0, 0.05) is 25.6 Å². The van der Waals surface area contributed by atoms with E-state index in [-0.39, 0.29) is 5.56 Å². The molecule has 0 amide bonds. The van der Waals surface area contributed by atoms with Crippen molar-refractivity contribution < 1.29 is 0 Å². The van der Waals surface area contributed by atoms with Gasteiger partial charge in [0.1, 0.15) is 11.6 Å². The number of piperidine rings is 1. The molecule has 2 rings (SSSR count). The highest BCUT2D eigenvalue weighted by Gasteiger charge is 2.20. The van der Waals surface area contributed by atoms with Gasteiger partial charge in [-0.3, -0.25) is 4.79 Å². The van der Waals surface area contributed by atoms with Gasteiger partial charge in [0.2, 0.25) is 0 Å². The highest BCUT2D eigenvalue weighted by atomic mass is 16.1. The van der Waals surface area contributed by atoms with Gasteiger partial charge in [-0.25, -0.2) is 4.98 Å². The van der Waals surface area contributed by atoms with Gasteiger partial charge in [-0.2, -0.15) is 0 Å². The average Bonchev–Trinajstić information content (AvgIpc) is 2.39. The van der Waals surface area contributed by atoms with Gasteiger partial charge in [-0.05, 0) is 31.7 Å². The van der Waals surface area contributed by atoms with E-state index < -0.39 is 0 Å². The summed E-state index contributed by atoms with van der Waals surface area (Å²) in [6.07, 6.45) is 4.16. The van der Waals surface area contributed by atoms with E-state index in [1.807, 2.05) is 6.92 Å².